The van der Waals surface area contributed by atoms with Crippen LogP contribution in [0.2, 0.25) is 0 Å². The number of methoxy groups -OCH3 is 2. The number of nitrogens with one attached hydrogen (secondary N) is 1. The number of hydrogen-bond donors (Lipinski definition) is 1. The molecule has 0 aliphatic rings. The van der Waals surface area contributed by atoms with E-state index < -0.39 is 12.3 Å². The van der Waals surface area contributed by atoms with Gasteiger partial charge in [0.25, 0.3) is 5.91 Å². The molecule has 2 aromatic carbocycles. The lowest BCUT2D eigenvalue weighted by molar-refractivity contribution is -0.274. The fourth-order valence-electron chi connectivity index (χ4n) is 3.41. The van der Waals surface area contributed by atoms with Crippen LogP contribution in [0.5, 0.6) is 17.2 Å². The van der Waals surface area contributed by atoms with Crippen molar-refractivity contribution in [3.63, 3.8) is 0 Å². The maximum absolute atomic E-state index is 13.1. The van der Waals surface area contributed by atoms with Crippen LogP contribution in [-0.2, 0) is 6.54 Å². The van der Waals surface area contributed by atoms with E-state index in [9.17, 15) is 22.8 Å². The van der Waals surface area contributed by atoms with E-state index in [1.165, 1.54) is 54.7 Å². The predicted molar refractivity (Wildman–Crippen MR) is 136 cm³/mol. The van der Waals surface area contributed by atoms with Gasteiger partial charge in [-0.2, -0.15) is 4.99 Å². The molecular formula is C25H27F3N4O5S. The maximum atomic E-state index is 13.1. The number of alkyl halides is 3. The van der Waals surface area contributed by atoms with Gasteiger partial charge >= 0.3 is 12.4 Å². The molecule has 1 aromatic heterocycles. The highest BCUT2D eigenvalue weighted by molar-refractivity contribution is 7.07. The summed E-state index contributed by atoms with van der Waals surface area (Å²) in [4.78, 5) is 31.0. The minimum atomic E-state index is -4.80. The second kappa shape index (κ2) is 12.5. The Morgan fingerprint density at radius 3 is 2.34 bits per heavy atom. The van der Waals surface area contributed by atoms with E-state index in [0.717, 1.165) is 0 Å². The lowest BCUT2D eigenvalue weighted by Gasteiger charge is -2.13. The first-order chi connectivity index (χ1) is 18.0. The maximum Gasteiger partial charge on any atom is 0.573 e. The van der Waals surface area contributed by atoms with Crippen molar-refractivity contribution in [3.8, 4) is 28.5 Å². The van der Waals surface area contributed by atoms with E-state index >= 15 is 0 Å². The van der Waals surface area contributed by atoms with E-state index in [-0.39, 0.29) is 17.3 Å². The van der Waals surface area contributed by atoms with Crippen molar-refractivity contribution < 1.29 is 37.0 Å². The quantitative estimate of drug-likeness (QED) is 0.394. The molecule has 9 nitrogen and oxygen atoms in total. The summed E-state index contributed by atoms with van der Waals surface area (Å²) in [7, 11) is 6.19. The number of nitrogens with zero attached hydrogens (tertiary/aromatic N) is 3. The standard InChI is InChI=1S/C25H27F3N4O5S/c1-31(2)23(34)29-12-5-13-32-20(16-6-8-17(9-7-16)37-25(26,27)28)15-38-24(32)30-22(33)19-11-10-18(35-3)14-21(19)36-4/h6-11,14-15H,5,12-13H2,1-4H3,(H,29,34)/b30-24-. The number of aromatic nitrogens is 1. The van der Waals surface area contributed by atoms with Crippen molar-refractivity contribution >= 4 is 23.3 Å². The summed E-state index contributed by atoms with van der Waals surface area (Å²) in [5.41, 5.74) is 1.48. The molecule has 0 atom stereocenters. The smallest absolute Gasteiger partial charge is 0.497 e. The molecule has 0 aliphatic carbocycles. The second-order valence-electron chi connectivity index (χ2n) is 8.09. The summed E-state index contributed by atoms with van der Waals surface area (Å²) in [6.45, 7) is 0.733. The van der Waals surface area contributed by atoms with Crippen LogP contribution < -0.4 is 24.3 Å². The van der Waals surface area contributed by atoms with Gasteiger partial charge in [-0.3, -0.25) is 4.79 Å². The van der Waals surface area contributed by atoms with Crippen LogP contribution in [0.25, 0.3) is 11.3 Å². The van der Waals surface area contributed by atoms with Crippen LogP contribution >= 0.6 is 11.3 Å². The Morgan fingerprint density at radius 1 is 1.05 bits per heavy atom. The average molecular weight is 553 g/mol. The monoisotopic (exact) mass is 552 g/mol. The normalized spacial score (nSPS) is 11.7. The fraction of sp³-hybridized carbons (Fsp3) is 0.320. The Morgan fingerprint density at radius 2 is 1.74 bits per heavy atom. The van der Waals surface area contributed by atoms with Crippen molar-refractivity contribution in [2.24, 2.45) is 4.99 Å². The molecule has 204 valence electrons. The van der Waals surface area contributed by atoms with Gasteiger partial charge in [-0.1, -0.05) is 0 Å². The van der Waals surface area contributed by atoms with Gasteiger partial charge < -0.3 is 29.0 Å². The molecular weight excluding hydrogens is 525 g/mol. The number of amides is 3. The Balaban J connectivity index is 1.95. The minimum Gasteiger partial charge on any atom is -0.497 e. The van der Waals surface area contributed by atoms with E-state index in [1.54, 1.807) is 42.2 Å². The van der Waals surface area contributed by atoms with E-state index in [4.69, 9.17) is 9.47 Å². The zero-order valence-electron chi connectivity index (χ0n) is 21.2. The van der Waals surface area contributed by atoms with Crippen LogP contribution in [0.1, 0.15) is 16.8 Å². The van der Waals surface area contributed by atoms with Gasteiger partial charge in [-0.25, -0.2) is 4.79 Å². The van der Waals surface area contributed by atoms with Gasteiger partial charge in [0.05, 0.1) is 25.5 Å². The van der Waals surface area contributed by atoms with Gasteiger partial charge in [0.1, 0.15) is 17.2 Å². The molecule has 13 heteroatoms. The molecule has 3 aromatic rings. The van der Waals surface area contributed by atoms with Gasteiger partial charge in [-0.05, 0) is 48.4 Å². The van der Waals surface area contributed by atoms with Gasteiger partial charge in [0.15, 0.2) is 4.80 Å². The molecule has 38 heavy (non-hydrogen) atoms. The van der Waals surface area contributed by atoms with Crippen molar-refractivity contribution in [2.45, 2.75) is 19.3 Å². The highest BCUT2D eigenvalue weighted by Gasteiger charge is 2.31. The first kappa shape index (κ1) is 28.6. The number of rotatable bonds is 9. The van der Waals surface area contributed by atoms with Crippen LogP contribution in [0, 0.1) is 0 Å². The lowest BCUT2D eigenvalue weighted by Crippen LogP contribution is -2.35. The summed E-state index contributed by atoms with van der Waals surface area (Å²) in [5, 5.41) is 4.53. The van der Waals surface area contributed by atoms with Crippen LogP contribution in [0.3, 0.4) is 0 Å². The highest BCUT2D eigenvalue weighted by Crippen LogP contribution is 2.28. The Kier molecular flexibility index (Phi) is 9.40. The summed E-state index contributed by atoms with van der Waals surface area (Å²) in [6, 6.07) is 9.92. The molecule has 1 N–H and O–H groups in total. The molecule has 3 rings (SSSR count). The highest BCUT2D eigenvalue weighted by atomic mass is 32.1. The van der Waals surface area contributed by atoms with E-state index in [1.807, 2.05) is 0 Å². The van der Waals surface area contributed by atoms with Crippen LogP contribution in [-0.4, -0.2) is 62.6 Å². The second-order valence-corrected chi connectivity index (χ2v) is 8.93. The van der Waals surface area contributed by atoms with Gasteiger partial charge in [0, 0.05) is 38.6 Å². The molecule has 3 amide bonds. The molecule has 0 radical (unpaired) electrons. The summed E-state index contributed by atoms with van der Waals surface area (Å²) < 4.78 is 53.9. The van der Waals surface area contributed by atoms with E-state index in [2.05, 4.69) is 15.0 Å². The largest absolute Gasteiger partial charge is 0.573 e. The molecule has 0 spiro atoms. The zero-order chi connectivity index (χ0) is 27.9. The summed E-state index contributed by atoms with van der Waals surface area (Å²) in [6.07, 6.45) is -4.29. The SMILES string of the molecule is COc1ccc(C(=O)/N=c2\scc(-c3ccc(OC(F)(F)F)cc3)n2CCCNC(=O)N(C)C)c(OC)c1. The molecule has 0 unspecified atom stereocenters. The van der Waals surface area contributed by atoms with E-state index in [0.29, 0.717) is 47.1 Å². The topological polar surface area (TPSA) is 94.4 Å². The number of hydrogen-bond acceptors (Lipinski definition) is 6. The van der Waals surface area contributed by atoms with Crippen molar-refractivity contribution in [1.29, 1.82) is 0 Å². The van der Waals surface area contributed by atoms with Crippen molar-refractivity contribution in [1.82, 2.24) is 14.8 Å². The van der Waals surface area contributed by atoms with Gasteiger partial charge in [0.2, 0.25) is 0 Å². The molecule has 0 saturated carbocycles. The third kappa shape index (κ3) is 7.51. The number of carbonyl (C=O) groups excluding carboxylic acids is 2. The van der Waals surface area contributed by atoms with Crippen LogP contribution in [0.4, 0.5) is 18.0 Å². The molecule has 0 saturated heterocycles. The Hall–Kier alpha value is -4.00. The number of thiazole rings is 1. The zero-order valence-corrected chi connectivity index (χ0v) is 22.0. The Labute approximate surface area is 221 Å². The minimum absolute atomic E-state index is 0.238. The van der Waals surface area contributed by atoms with Crippen molar-refractivity contribution in [2.75, 3.05) is 34.9 Å². The van der Waals surface area contributed by atoms with Gasteiger partial charge in [-0.15, -0.1) is 24.5 Å². The third-order valence-corrected chi connectivity index (χ3v) is 6.12. The number of carbonyl (C=O) groups is 2. The number of halogens is 3. The molecule has 1 heterocycles. The average Bonchev–Trinajstić information content (AvgIpc) is 3.27. The third-order valence-electron chi connectivity index (χ3n) is 5.26. The lowest BCUT2D eigenvalue weighted by atomic mass is 10.1. The predicted octanol–water partition coefficient (Wildman–Crippen LogP) is 4.53. The summed E-state index contributed by atoms with van der Waals surface area (Å²) in [5.74, 6) is -0.0692. The molecule has 0 bridgehead atoms. The number of ether oxygens (including phenoxy) is 3. The van der Waals surface area contributed by atoms with Crippen LogP contribution in [0.15, 0.2) is 52.8 Å². The molecule has 0 aliphatic heterocycles. The first-order valence-electron chi connectivity index (χ1n) is 11.3. The number of urea groups is 1. The summed E-state index contributed by atoms with van der Waals surface area (Å²) >= 11 is 1.20. The fourth-order valence-corrected chi connectivity index (χ4v) is 4.34. The Bertz CT molecular complexity index is 1330. The first-order valence-corrected chi connectivity index (χ1v) is 12.2. The number of benzene rings is 2. The molecule has 0 fully saturated rings. The van der Waals surface area contributed by atoms with Crippen molar-refractivity contribution in [3.05, 3.63) is 58.2 Å².